The molecular weight excluding hydrogens is 160 g/mol. The first-order valence-corrected chi connectivity index (χ1v) is 4.14. The molecular formula is C8H9ClN2. The summed E-state index contributed by atoms with van der Waals surface area (Å²) in [4.78, 5) is 8.09. The highest BCUT2D eigenvalue weighted by Crippen LogP contribution is 2.40. The van der Waals surface area contributed by atoms with Crippen LogP contribution in [0.4, 0.5) is 0 Å². The molecule has 1 aliphatic rings. The van der Waals surface area contributed by atoms with E-state index >= 15 is 0 Å². The lowest BCUT2D eigenvalue weighted by atomic mass is 10.2. The van der Waals surface area contributed by atoms with Gasteiger partial charge in [0.1, 0.15) is 0 Å². The minimum Gasteiger partial charge on any atom is -0.226 e. The van der Waals surface area contributed by atoms with Crippen molar-refractivity contribution in [2.24, 2.45) is 0 Å². The Kier molecular flexibility index (Phi) is 1.57. The first-order chi connectivity index (χ1) is 5.27. The molecule has 2 nitrogen and oxygen atoms in total. The van der Waals surface area contributed by atoms with Crippen molar-refractivity contribution in [1.29, 1.82) is 0 Å². The Bertz CT molecular complexity index is 281. The van der Waals surface area contributed by atoms with E-state index in [1.807, 2.05) is 6.92 Å². The molecule has 0 atom stereocenters. The van der Waals surface area contributed by atoms with Gasteiger partial charge in [0.15, 0.2) is 0 Å². The van der Waals surface area contributed by atoms with Crippen molar-refractivity contribution in [3.63, 3.8) is 0 Å². The Morgan fingerprint density at radius 3 is 2.91 bits per heavy atom. The van der Waals surface area contributed by atoms with E-state index in [9.17, 15) is 0 Å². The van der Waals surface area contributed by atoms with Crippen LogP contribution in [0, 0.1) is 6.92 Å². The zero-order valence-electron chi connectivity index (χ0n) is 6.34. The molecule has 58 valence electrons. The Labute approximate surface area is 70.6 Å². The van der Waals surface area contributed by atoms with E-state index in [-0.39, 0.29) is 0 Å². The second-order valence-corrected chi connectivity index (χ2v) is 3.32. The average molecular weight is 169 g/mol. The van der Waals surface area contributed by atoms with Gasteiger partial charge in [-0.3, -0.25) is 0 Å². The number of aryl methyl sites for hydroxylation is 1. The molecule has 1 fully saturated rings. The summed E-state index contributed by atoms with van der Waals surface area (Å²) in [7, 11) is 0. The van der Waals surface area contributed by atoms with Crippen LogP contribution in [0.1, 0.15) is 30.0 Å². The van der Waals surface area contributed by atoms with Crippen LogP contribution in [0.15, 0.2) is 6.20 Å². The fourth-order valence-corrected chi connectivity index (χ4v) is 1.34. The number of hydrogen-bond acceptors (Lipinski definition) is 2. The quantitative estimate of drug-likeness (QED) is 0.602. The number of nitrogens with zero attached hydrogens (tertiary/aromatic N) is 2. The summed E-state index contributed by atoms with van der Waals surface area (Å²) >= 11 is 5.67. The Hall–Kier alpha value is -0.630. The fraction of sp³-hybridized carbons (Fsp3) is 0.500. The first kappa shape index (κ1) is 7.04. The summed E-state index contributed by atoms with van der Waals surface area (Å²) in [5.41, 5.74) is 2.31. The summed E-state index contributed by atoms with van der Waals surface area (Å²) in [6, 6.07) is 0. The number of halogens is 1. The zero-order valence-corrected chi connectivity index (χ0v) is 7.10. The summed E-state index contributed by atoms with van der Waals surface area (Å²) < 4.78 is 0. The van der Waals surface area contributed by atoms with Crippen LogP contribution < -0.4 is 0 Å². The first-order valence-electron chi connectivity index (χ1n) is 3.76. The van der Waals surface area contributed by atoms with Gasteiger partial charge in [-0.05, 0) is 36.9 Å². The van der Waals surface area contributed by atoms with Gasteiger partial charge in [-0.2, -0.15) is 0 Å². The molecule has 1 saturated carbocycles. The maximum absolute atomic E-state index is 5.67. The van der Waals surface area contributed by atoms with E-state index in [0.29, 0.717) is 11.2 Å². The van der Waals surface area contributed by atoms with Crippen LogP contribution in [0.3, 0.4) is 0 Å². The van der Waals surface area contributed by atoms with Gasteiger partial charge >= 0.3 is 0 Å². The third kappa shape index (κ3) is 1.36. The monoisotopic (exact) mass is 168 g/mol. The van der Waals surface area contributed by atoms with Gasteiger partial charge in [-0.15, -0.1) is 0 Å². The zero-order chi connectivity index (χ0) is 7.84. The standard InChI is InChI=1S/C8H9ClN2/c1-5-4-10-8(9)11-7(5)6-2-3-6/h4,6H,2-3H2,1H3. The predicted molar refractivity (Wildman–Crippen MR) is 43.8 cm³/mol. The Morgan fingerprint density at radius 1 is 1.55 bits per heavy atom. The molecule has 11 heavy (non-hydrogen) atoms. The topological polar surface area (TPSA) is 25.8 Å². The van der Waals surface area contributed by atoms with E-state index in [0.717, 1.165) is 11.3 Å². The molecule has 2 rings (SSSR count). The van der Waals surface area contributed by atoms with Crippen molar-refractivity contribution >= 4 is 11.6 Å². The highest BCUT2D eigenvalue weighted by molar-refractivity contribution is 6.28. The Balaban J connectivity index is 2.42. The highest BCUT2D eigenvalue weighted by atomic mass is 35.5. The molecule has 0 aliphatic heterocycles. The van der Waals surface area contributed by atoms with E-state index in [1.165, 1.54) is 12.8 Å². The lowest BCUT2D eigenvalue weighted by Crippen LogP contribution is -1.93. The highest BCUT2D eigenvalue weighted by Gasteiger charge is 2.26. The lowest BCUT2D eigenvalue weighted by Gasteiger charge is -2.00. The van der Waals surface area contributed by atoms with Gasteiger partial charge in [-0.1, -0.05) is 0 Å². The van der Waals surface area contributed by atoms with Crippen LogP contribution >= 0.6 is 11.6 Å². The molecule has 1 aliphatic carbocycles. The van der Waals surface area contributed by atoms with Crippen LogP contribution in [-0.4, -0.2) is 9.97 Å². The molecule has 3 heteroatoms. The van der Waals surface area contributed by atoms with Gasteiger partial charge in [0.2, 0.25) is 5.28 Å². The van der Waals surface area contributed by atoms with Crippen molar-refractivity contribution in [3.05, 3.63) is 22.7 Å². The number of rotatable bonds is 1. The second kappa shape index (κ2) is 2.45. The number of aromatic nitrogens is 2. The average Bonchev–Trinajstić information content (AvgIpc) is 2.76. The van der Waals surface area contributed by atoms with Crippen molar-refractivity contribution in [1.82, 2.24) is 9.97 Å². The third-order valence-electron chi connectivity index (χ3n) is 1.95. The van der Waals surface area contributed by atoms with E-state index in [1.54, 1.807) is 6.20 Å². The van der Waals surface area contributed by atoms with Crippen LogP contribution in [0.2, 0.25) is 5.28 Å². The van der Waals surface area contributed by atoms with Gasteiger partial charge in [0, 0.05) is 12.1 Å². The second-order valence-electron chi connectivity index (χ2n) is 2.98. The van der Waals surface area contributed by atoms with Gasteiger partial charge < -0.3 is 0 Å². The molecule has 1 heterocycles. The van der Waals surface area contributed by atoms with Gasteiger partial charge in [-0.25, -0.2) is 9.97 Å². The minimum atomic E-state index is 0.373. The molecule has 0 radical (unpaired) electrons. The lowest BCUT2D eigenvalue weighted by molar-refractivity contribution is 0.959. The molecule has 0 N–H and O–H groups in total. The van der Waals surface area contributed by atoms with E-state index in [2.05, 4.69) is 9.97 Å². The summed E-state index contributed by atoms with van der Waals surface area (Å²) in [6.07, 6.45) is 4.31. The molecule has 0 saturated heterocycles. The van der Waals surface area contributed by atoms with Crippen molar-refractivity contribution in [3.8, 4) is 0 Å². The predicted octanol–water partition coefficient (Wildman–Crippen LogP) is 2.32. The molecule has 0 amide bonds. The van der Waals surface area contributed by atoms with Crippen LogP contribution in [0.5, 0.6) is 0 Å². The van der Waals surface area contributed by atoms with Crippen molar-refractivity contribution in [2.75, 3.05) is 0 Å². The normalized spacial score (nSPS) is 16.9. The minimum absolute atomic E-state index is 0.373. The number of hydrogen-bond donors (Lipinski definition) is 0. The summed E-state index contributed by atoms with van der Waals surface area (Å²) in [6.45, 7) is 2.03. The van der Waals surface area contributed by atoms with Crippen LogP contribution in [0.25, 0.3) is 0 Å². The van der Waals surface area contributed by atoms with Crippen LogP contribution in [-0.2, 0) is 0 Å². The molecule has 0 aromatic carbocycles. The smallest absolute Gasteiger partial charge is 0.222 e. The third-order valence-corrected chi connectivity index (χ3v) is 2.13. The molecule has 1 aromatic rings. The fourth-order valence-electron chi connectivity index (χ4n) is 1.20. The maximum Gasteiger partial charge on any atom is 0.222 e. The Morgan fingerprint density at radius 2 is 2.27 bits per heavy atom. The molecule has 0 bridgehead atoms. The summed E-state index contributed by atoms with van der Waals surface area (Å²) in [5.74, 6) is 0.662. The van der Waals surface area contributed by atoms with Gasteiger partial charge in [0.25, 0.3) is 0 Å². The van der Waals surface area contributed by atoms with Crippen molar-refractivity contribution < 1.29 is 0 Å². The maximum atomic E-state index is 5.67. The largest absolute Gasteiger partial charge is 0.226 e. The van der Waals surface area contributed by atoms with Crippen molar-refractivity contribution in [2.45, 2.75) is 25.7 Å². The molecule has 1 aromatic heterocycles. The van der Waals surface area contributed by atoms with Gasteiger partial charge in [0.05, 0.1) is 5.69 Å². The SMILES string of the molecule is Cc1cnc(Cl)nc1C1CC1. The molecule has 0 spiro atoms. The summed E-state index contributed by atoms with van der Waals surface area (Å²) in [5, 5.41) is 0.373. The molecule has 0 unspecified atom stereocenters. The van der Waals surface area contributed by atoms with E-state index < -0.39 is 0 Å². The van der Waals surface area contributed by atoms with E-state index in [4.69, 9.17) is 11.6 Å².